The second-order valence-electron chi connectivity index (χ2n) is 4.15. The van der Waals surface area contributed by atoms with Gasteiger partial charge in [0.15, 0.2) is 0 Å². The predicted molar refractivity (Wildman–Crippen MR) is 89.1 cm³/mol. The Hall–Kier alpha value is -0.780. The summed E-state index contributed by atoms with van der Waals surface area (Å²) >= 11 is 0. The van der Waals surface area contributed by atoms with E-state index in [0.29, 0.717) is 0 Å². The highest BCUT2D eigenvalue weighted by molar-refractivity contribution is 5.36. The monoisotopic (exact) mass is 252 g/mol. The van der Waals surface area contributed by atoms with E-state index in [1.54, 1.807) is 0 Å². The molecule has 0 radical (unpaired) electrons. The summed E-state index contributed by atoms with van der Waals surface area (Å²) in [7, 11) is 0. The molecule has 0 nitrogen and oxygen atoms in total. The molecule has 0 saturated carbocycles. The van der Waals surface area contributed by atoms with Crippen LogP contribution in [0.5, 0.6) is 0 Å². The molecule has 0 bridgehead atoms. The number of allylic oxidation sites excluding steroid dienone is 4. The average molecular weight is 252 g/mol. The molecule has 18 heavy (non-hydrogen) atoms. The number of rotatable bonds is 6. The lowest BCUT2D eigenvalue weighted by molar-refractivity contribution is 0.544. The second kappa shape index (κ2) is 18.6. The molecule has 0 N–H and O–H groups in total. The minimum absolute atomic E-state index is 0.935. The molecule has 0 aliphatic rings. The third-order valence-corrected chi connectivity index (χ3v) is 2.87. The molecule has 108 valence electrons. The zero-order chi connectivity index (χ0) is 15.0. The summed E-state index contributed by atoms with van der Waals surface area (Å²) in [5.74, 6) is 0.935. The van der Waals surface area contributed by atoms with E-state index >= 15 is 0 Å². The minimum atomic E-state index is 0.935. The van der Waals surface area contributed by atoms with Gasteiger partial charge in [0.05, 0.1) is 0 Å². The summed E-state index contributed by atoms with van der Waals surface area (Å²) in [6.07, 6.45) is 8.75. The lowest BCUT2D eigenvalue weighted by Gasteiger charge is -2.01. The Morgan fingerprint density at radius 3 is 1.67 bits per heavy atom. The summed E-state index contributed by atoms with van der Waals surface area (Å²) in [6.45, 7) is 22.6. The van der Waals surface area contributed by atoms with Crippen LogP contribution in [0.15, 0.2) is 36.5 Å². The molecule has 0 atom stereocenters. The first-order valence-electron chi connectivity index (χ1n) is 7.57. The highest BCUT2D eigenvalue weighted by Crippen LogP contribution is 2.12. The molecule has 0 aromatic heterocycles. The van der Waals surface area contributed by atoms with Crippen molar-refractivity contribution in [3.05, 3.63) is 36.5 Å². The fourth-order valence-corrected chi connectivity index (χ4v) is 1.08. The van der Waals surface area contributed by atoms with Crippen molar-refractivity contribution >= 4 is 0 Å². The number of hydrogen-bond donors (Lipinski definition) is 0. The summed E-state index contributed by atoms with van der Waals surface area (Å²) in [5, 5.41) is 0. The van der Waals surface area contributed by atoms with Gasteiger partial charge in [0.2, 0.25) is 0 Å². The largest absolute Gasteiger partial charge is 0.0985 e. The predicted octanol–water partition coefficient (Wildman–Crippen LogP) is 6.94. The van der Waals surface area contributed by atoms with Crippen LogP contribution >= 0.6 is 0 Å². The van der Waals surface area contributed by atoms with Gasteiger partial charge in [0.1, 0.15) is 0 Å². The van der Waals surface area contributed by atoms with Gasteiger partial charge in [-0.1, -0.05) is 86.6 Å². The third-order valence-electron chi connectivity index (χ3n) is 2.87. The van der Waals surface area contributed by atoms with Crippen LogP contribution in [0.1, 0.15) is 74.1 Å². The van der Waals surface area contributed by atoms with Gasteiger partial charge in [-0.15, -0.1) is 0 Å². The Labute approximate surface area is 117 Å². The maximum absolute atomic E-state index is 3.92. The topological polar surface area (TPSA) is 0 Å². The Balaban J connectivity index is -0.000000241. The summed E-state index contributed by atoms with van der Waals surface area (Å²) in [5.41, 5.74) is 2.38. The molecule has 0 unspecified atom stereocenters. The van der Waals surface area contributed by atoms with Gasteiger partial charge in [0.25, 0.3) is 0 Å². The smallest absolute Gasteiger partial charge is 0.0277 e. The van der Waals surface area contributed by atoms with Gasteiger partial charge >= 0.3 is 0 Å². The van der Waals surface area contributed by atoms with Gasteiger partial charge in [-0.25, -0.2) is 0 Å². The van der Waals surface area contributed by atoms with Gasteiger partial charge < -0.3 is 0 Å². The van der Waals surface area contributed by atoms with Crippen LogP contribution in [-0.2, 0) is 0 Å². The lowest BCUT2D eigenvalue weighted by atomic mass is 10.1. The van der Waals surface area contributed by atoms with E-state index in [4.69, 9.17) is 0 Å². The van der Waals surface area contributed by atoms with Crippen molar-refractivity contribution in [1.29, 1.82) is 0 Å². The Bertz CT molecular complexity index is 204. The van der Waals surface area contributed by atoms with Gasteiger partial charge in [-0.05, 0) is 29.9 Å². The van der Waals surface area contributed by atoms with Crippen molar-refractivity contribution in [1.82, 2.24) is 0 Å². The van der Waals surface area contributed by atoms with Crippen molar-refractivity contribution in [2.75, 3.05) is 0 Å². The fourth-order valence-electron chi connectivity index (χ4n) is 1.08. The Morgan fingerprint density at radius 2 is 1.50 bits per heavy atom. The molecule has 0 aliphatic carbocycles. The standard InChI is InChI=1S/C10H16.C6H14.C2H6/c1-5-8-10(7-3)9(4)6-2;1-4-6(3)5-2;1-2/h7-8H,3-6H2,1-2H3;6H,4-5H2,1-3H3;1-2H3/b10-8+;;. The first-order chi connectivity index (χ1) is 8.56. The van der Waals surface area contributed by atoms with Crippen molar-refractivity contribution in [3.63, 3.8) is 0 Å². The molecule has 0 saturated heterocycles. The van der Waals surface area contributed by atoms with Crippen molar-refractivity contribution in [2.45, 2.75) is 74.1 Å². The van der Waals surface area contributed by atoms with Crippen LogP contribution in [0.4, 0.5) is 0 Å². The zero-order valence-electron chi connectivity index (χ0n) is 14.0. The molecule has 0 fully saturated rings. The molecule has 0 aromatic carbocycles. The Kier molecular flexibility index (Phi) is 23.1. The lowest BCUT2D eigenvalue weighted by Crippen LogP contribution is -1.85. The minimum Gasteiger partial charge on any atom is -0.0985 e. The second-order valence-corrected chi connectivity index (χ2v) is 4.15. The van der Waals surface area contributed by atoms with Crippen LogP contribution in [0, 0.1) is 5.92 Å². The molecule has 0 heteroatoms. The van der Waals surface area contributed by atoms with E-state index in [2.05, 4.69) is 53.9 Å². The summed E-state index contributed by atoms with van der Waals surface area (Å²) < 4.78 is 0. The quantitative estimate of drug-likeness (QED) is 0.449. The van der Waals surface area contributed by atoms with E-state index < -0.39 is 0 Å². The fraction of sp³-hybridized carbons (Fsp3) is 0.667. The highest BCUT2D eigenvalue weighted by Gasteiger charge is 1.92. The summed E-state index contributed by atoms with van der Waals surface area (Å²) in [4.78, 5) is 0. The maximum atomic E-state index is 3.92. The normalized spacial score (nSPS) is 9.89. The van der Waals surface area contributed by atoms with Gasteiger partial charge in [-0.3, -0.25) is 0 Å². The molecular formula is C18H36. The zero-order valence-corrected chi connectivity index (χ0v) is 14.0. The average Bonchev–Trinajstić information content (AvgIpc) is 2.45. The van der Waals surface area contributed by atoms with Crippen LogP contribution in [0.2, 0.25) is 0 Å². The first kappa shape index (κ1) is 22.4. The molecule has 0 amide bonds. The van der Waals surface area contributed by atoms with Gasteiger partial charge in [0, 0.05) is 0 Å². The van der Waals surface area contributed by atoms with Crippen molar-refractivity contribution in [2.24, 2.45) is 5.92 Å². The van der Waals surface area contributed by atoms with Crippen LogP contribution in [0.25, 0.3) is 0 Å². The molecule has 0 heterocycles. The summed E-state index contributed by atoms with van der Waals surface area (Å²) in [6, 6.07) is 0. The maximum Gasteiger partial charge on any atom is -0.0277 e. The van der Waals surface area contributed by atoms with E-state index in [1.807, 2.05) is 19.9 Å². The van der Waals surface area contributed by atoms with E-state index in [-0.39, 0.29) is 0 Å². The van der Waals surface area contributed by atoms with Crippen LogP contribution in [-0.4, -0.2) is 0 Å². The molecule has 0 spiro atoms. The molecule has 0 aromatic rings. The SMILES string of the molecule is C=C/C(=C\CC)C(=C)CC.CC.CCC(C)CC. The molecule has 0 rings (SSSR count). The van der Waals surface area contributed by atoms with Gasteiger partial charge in [-0.2, -0.15) is 0 Å². The van der Waals surface area contributed by atoms with Crippen molar-refractivity contribution in [3.8, 4) is 0 Å². The van der Waals surface area contributed by atoms with Crippen LogP contribution in [0.3, 0.4) is 0 Å². The number of hydrogen-bond acceptors (Lipinski definition) is 0. The highest BCUT2D eigenvalue weighted by atomic mass is 14.0. The molecule has 0 aliphatic heterocycles. The van der Waals surface area contributed by atoms with Crippen LogP contribution < -0.4 is 0 Å². The molecular weight excluding hydrogens is 216 g/mol. The van der Waals surface area contributed by atoms with Crippen molar-refractivity contribution < 1.29 is 0 Å². The first-order valence-corrected chi connectivity index (χ1v) is 7.57. The third kappa shape index (κ3) is 15.2. The van der Waals surface area contributed by atoms with E-state index in [1.165, 1.54) is 24.0 Å². The van der Waals surface area contributed by atoms with E-state index in [9.17, 15) is 0 Å². The Morgan fingerprint density at radius 1 is 1.06 bits per heavy atom. The van der Waals surface area contributed by atoms with E-state index in [0.717, 1.165) is 18.8 Å².